The third-order valence-electron chi connectivity index (χ3n) is 2.67. The first-order valence-electron chi connectivity index (χ1n) is 6.25. The minimum Gasteiger partial charge on any atom is -0.477 e. The van der Waals surface area contributed by atoms with Crippen LogP contribution in [0.25, 0.3) is 0 Å². The average molecular weight is 283 g/mol. The van der Waals surface area contributed by atoms with E-state index in [0.717, 1.165) is 0 Å². The van der Waals surface area contributed by atoms with Gasteiger partial charge in [0.05, 0.1) is 6.07 Å². The van der Waals surface area contributed by atoms with E-state index in [2.05, 4.69) is 0 Å². The number of carboxylic acid groups (broad SMARTS) is 1. The average Bonchev–Trinajstić information content (AvgIpc) is 2.53. The Hall–Kier alpha value is -2.84. The van der Waals surface area contributed by atoms with Gasteiger partial charge in [0.2, 0.25) is 0 Å². The summed E-state index contributed by atoms with van der Waals surface area (Å²) in [6.07, 6.45) is -2.58. The molecule has 0 saturated carbocycles. The van der Waals surface area contributed by atoms with E-state index < -0.39 is 18.4 Å². The molecule has 5 nitrogen and oxygen atoms in total. The first kappa shape index (κ1) is 14.6. The van der Waals surface area contributed by atoms with Gasteiger partial charge >= 0.3 is 12.3 Å². The van der Waals surface area contributed by atoms with Crippen molar-refractivity contribution in [1.29, 1.82) is 5.26 Å². The van der Waals surface area contributed by atoms with Gasteiger partial charge in [-0.3, -0.25) is 0 Å². The lowest BCUT2D eigenvalue weighted by atomic mass is 10.1. The molecule has 0 saturated heterocycles. The van der Waals surface area contributed by atoms with Gasteiger partial charge in [0.25, 0.3) is 0 Å². The highest BCUT2D eigenvalue weighted by molar-refractivity contribution is 5.71. The lowest BCUT2D eigenvalue weighted by Crippen LogP contribution is -2.31. The summed E-state index contributed by atoms with van der Waals surface area (Å²) in [6, 6.07) is 19.0. The molecule has 2 unspecified atom stereocenters. The largest absolute Gasteiger partial charge is 0.477 e. The van der Waals surface area contributed by atoms with Crippen LogP contribution in [0.4, 0.5) is 0 Å². The molecule has 0 aromatic heterocycles. The van der Waals surface area contributed by atoms with Crippen LogP contribution in [-0.4, -0.2) is 17.4 Å². The maximum atomic E-state index is 11.2. The maximum Gasteiger partial charge on any atom is 0.373 e. The maximum absolute atomic E-state index is 11.2. The van der Waals surface area contributed by atoms with Crippen LogP contribution < -0.4 is 4.74 Å². The van der Waals surface area contributed by atoms with Crippen molar-refractivity contribution in [2.24, 2.45) is 0 Å². The SMILES string of the molecule is N#CC(OC(Oc1ccccc1)C(=O)O)c1ccccc1. The molecule has 0 spiro atoms. The molecule has 5 heteroatoms. The van der Waals surface area contributed by atoms with Crippen LogP contribution in [0, 0.1) is 11.3 Å². The Bertz CT molecular complexity index is 622. The van der Waals surface area contributed by atoms with E-state index in [1.807, 2.05) is 6.07 Å². The summed E-state index contributed by atoms with van der Waals surface area (Å²) >= 11 is 0. The topological polar surface area (TPSA) is 79.5 Å². The van der Waals surface area contributed by atoms with Crippen molar-refractivity contribution in [3.63, 3.8) is 0 Å². The van der Waals surface area contributed by atoms with Crippen molar-refractivity contribution in [3.8, 4) is 11.8 Å². The first-order chi connectivity index (χ1) is 10.2. The molecule has 2 rings (SSSR count). The number of hydrogen-bond acceptors (Lipinski definition) is 4. The molecule has 2 aromatic carbocycles. The minimum atomic E-state index is -1.56. The Balaban J connectivity index is 2.12. The van der Waals surface area contributed by atoms with Crippen LogP contribution in [0.15, 0.2) is 60.7 Å². The van der Waals surface area contributed by atoms with Gasteiger partial charge in [0, 0.05) is 0 Å². The third kappa shape index (κ3) is 4.06. The van der Waals surface area contributed by atoms with Crippen molar-refractivity contribution in [2.45, 2.75) is 12.4 Å². The Morgan fingerprint density at radius 1 is 1.05 bits per heavy atom. The van der Waals surface area contributed by atoms with E-state index in [9.17, 15) is 4.79 Å². The molecule has 1 N–H and O–H groups in total. The van der Waals surface area contributed by atoms with E-state index in [1.165, 1.54) is 0 Å². The predicted octanol–water partition coefficient (Wildman–Crippen LogP) is 2.76. The van der Waals surface area contributed by atoms with Gasteiger partial charge < -0.3 is 14.6 Å². The molecule has 21 heavy (non-hydrogen) atoms. The van der Waals surface area contributed by atoms with Gasteiger partial charge in [0.1, 0.15) is 5.75 Å². The normalized spacial score (nSPS) is 12.9. The summed E-state index contributed by atoms with van der Waals surface area (Å²) in [7, 11) is 0. The van der Waals surface area contributed by atoms with Crippen molar-refractivity contribution in [3.05, 3.63) is 66.2 Å². The highest BCUT2D eigenvalue weighted by Crippen LogP contribution is 2.20. The Kier molecular flexibility index (Phi) is 4.91. The molecular formula is C16H13NO4. The molecule has 0 radical (unpaired) electrons. The second kappa shape index (κ2) is 7.08. The van der Waals surface area contributed by atoms with Gasteiger partial charge in [-0.2, -0.15) is 5.26 Å². The van der Waals surface area contributed by atoms with E-state index in [-0.39, 0.29) is 0 Å². The van der Waals surface area contributed by atoms with Crippen molar-refractivity contribution >= 4 is 5.97 Å². The molecule has 2 atom stereocenters. The fourth-order valence-corrected chi connectivity index (χ4v) is 1.69. The number of hydrogen-bond donors (Lipinski definition) is 1. The highest BCUT2D eigenvalue weighted by atomic mass is 16.7. The lowest BCUT2D eigenvalue weighted by molar-refractivity contribution is -0.176. The highest BCUT2D eigenvalue weighted by Gasteiger charge is 2.25. The van der Waals surface area contributed by atoms with Crippen LogP contribution in [0.3, 0.4) is 0 Å². The number of rotatable bonds is 6. The number of benzene rings is 2. The smallest absolute Gasteiger partial charge is 0.373 e. The summed E-state index contributed by atoms with van der Waals surface area (Å²) in [6.45, 7) is 0. The predicted molar refractivity (Wildman–Crippen MR) is 74.4 cm³/mol. The van der Waals surface area contributed by atoms with Crippen LogP contribution in [-0.2, 0) is 9.53 Å². The van der Waals surface area contributed by atoms with Crippen LogP contribution in [0.5, 0.6) is 5.75 Å². The molecule has 2 aromatic rings. The Labute approximate surface area is 122 Å². The molecule has 0 aliphatic carbocycles. The summed E-state index contributed by atoms with van der Waals surface area (Å²) < 4.78 is 10.5. The number of ether oxygens (including phenoxy) is 2. The second-order valence-electron chi connectivity index (χ2n) is 4.16. The molecular weight excluding hydrogens is 270 g/mol. The van der Waals surface area contributed by atoms with Crippen molar-refractivity contribution < 1.29 is 19.4 Å². The number of para-hydroxylation sites is 1. The van der Waals surface area contributed by atoms with Crippen LogP contribution in [0.2, 0.25) is 0 Å². The van der Waals surface area contributed by atoms with Crippen molar-refractivity contribution in [2.75, 3.05) is 0 Å². The van der Waals surface area contributed by atoms with Crippen molar-refractivity contribution in [1.82, 2.24) is 0 Å². The molecule has 0 aliphatic rings. The quantitative estimate of drug-likeness (QED) is 0.824. The van der Waals surface area contributed by atoms with E-state index in [4.69, 9.17) is 19.8 Å². The first-order valence-corrected chi connectivity index (χ1v) is 6.25. The van der Waals surface area contributed by atoms with E-state index in [0.29, 0.717) is 11.3 Å². The molecule has 0 heterocycles. The third-order valence-corrected chi connectivity index (χ3v) is 2.67. The summed E-state index contributed by atoms with van der Waals surface area (Å²) in [5.74, 6) is -0.940. The zero-order valence-corrected chi connectivity index (χ0v) is 11.0. The van der Waals surface area contributed by atoms with Gasteiger partial charge in [-0.1, -0.05) is 48.5 Å². The van der Waals surface area contributed by atoms with Gasteiger partial charge in [-0.25, -0.2) is 4.79 Å². The fourth-order valence-electron chi connectivity index (χ4n) is 1.69. The summed E-state index contributed by atoms with van der Waals surface area (Å²) in [5.41, 5.74) is 0.572. The molecule has 0 fully saturated rings. The van der Waals surface area contributed by atoms with Gasteiger partial charge in [0.15, 0.2) is 6.10 Å². The molecule has 0 amide bonds. The fraction of sp³-hybridized carbons (Fsp3) is 0.125. The Morgan fingerprint density at radius 3 is 2.14 bits per heavy atom. The number of nitrogens with zero attached hydrogens (tertiary/aromatic N) is 1. The second-order valence-corrected chi connectivity index (χ2v) is 4.16. The number of aliphatic carboxylic acids is 1. The molecule has 106 valence electrons. The summed E-state index contributed by atoms with van der Waals surface area (Å²) in [4.78, 5) is 11.2. The zero-order valence-electron chi connectivity index (χ0n) is 11.0. The minimum absolute atomic E-state index is 0.356. The number of carboxylic acids is 1. The number of carbonyl (C=O) groups is 1. The summed E-state index contributed by atoms with van der Waals surface area (Å²) in [5, 5.41) is 18.3. The van der Waals surface area contributed by atoms with Crippen LogP contribution in [0.1, 0.15) is 11.7 Å². The Morgan fingerprint density at radius 2 is 1.62 bits per heavy atom. The van der Waals surface area contributed by atoms with E-state index >= 15 is 0 Å². The molecule has 0 bridgehead atoms. The monoisotopic (exact) mass is 283 g/mol. The lowest BCUT2D eigenvalue weighted by Gasteiger charge is -2.19. The number of nitriles is 1. The standard InChI is InChI=1S/C16H13NO4/c17-11-14(12-7-3-1-4-8-12)21-16(15(18)19)20-13-9-5-2-6-10-13/h1-10,14,16H,(H,18,19). The van der Waals surface area contributed by atoms with Gasteiger partial charge in [-0.05, 0) is 17.7 Å². The van der Waals surface area contributed by atoms with Crippen LogP contribution >= 0.6 is 0 Å². The van der Waals surface area contributed by atoms with E-state index in [1.54, 1.807) is 60.7 Å². The van der Waals surface area contributed by atoms with Gasteiger partial charge in [-0.15, -0.1) is 0 Å². The molecule has 0 aliphatic heterocycles. The zero-order chi connectivity index (χ0) is 15.1.